The summed E-state index contributed by atoms with van der Waals surface area (Å²) in [4.78, 5) is 25.8. The maximum Gasteiger partial charge on any atom is 0.246 e. The molecule has 0 saturated carbocycles. The van der Waals surface area contributed by atoms with Crippen LogP contribution in [0.3, 0.4) is 0 Å². The highest BCUT2D eigenvalue weighted by molar-refractivity contribution is 5.98. The second-order valence-corrected chi connectivity index (χ2v) is 8.39. The van der Waals surface area contributed by atoms with Gasteiger partial charge in [0.15, 0.2) is 0 Å². The minimum absolute atomic E-state index is 0.125. The number of nitrogens with one attached hydrogen (secondary N) is 3. The summed E-state index contributed by atoms with van der Waals surface area (Å²) in [5.74, 6) is -0.0160. The molecule has 0 aliphatic carbocycles. The zero-order chi connectivity index (χ0) is 21.0. The standard InChI is InChI=1S/C24H31N3O2/c1-15(2)11-22(24(29)26-20-10-9-16(3)17(4)12-20)27-23(28)21-13-18-7-5-6-8-19(18)14-25-21/h5-10,12,15,21-22,25H,11,13-14H2,1-4H3,(H,26,29)(H,27,28). The molecule has 0 fully saturated rings. The molecule has 1 aliphatic heterocycles. The van der Waals surface area contributed by atoms with Gasteiger partial charge in [-0.1, -0.05) is 44.2 Å². The molecule has 2 atom stereocenters. The van der Waals surface area contributed by atoms with Crippen molar-refractivity contribution in [2.45, 2.75) is 59.2 Å². The molecule has 0 saturated heterocycles. The van der Waals surface area contributed by atoms with Crippen LogP contribution in [0, 0.1) is 19.8 Å². The summed E-state index contributed by atoms with van der Waals surface area (Å²) < 4.78 is 0. The monoisotopic (exact) mass is 393 g/mol. The van der Waals surface area contributed by atoms with E-state index in [0.29, 0.717) is 19.4 Å². The van der Waals surface area contributed by atoms with Crippen molar-refractivity contribution in [3.05, 3.63) is 64.7 Å². The average molecular weight is 394 g/mol. The van der Waals surface area contributed by atoms with Gasteiger partial charge in [-0.05, 0) is 67.0 Å². The van der Waals surface area contributed by atoms with Crippen LogP contribution in [-0.2, 0) is 22.6 Å². The van der Waals surface area contributed by atoms with Crippen LogP contribution in [0.2, 0.25) is 0 Å². The van der Waals surface area contributed by atoms with Crippen LogP contribution in [0.1, 0.15) is 42.5 Å². The van der Waals surface area contributed by atoms with E-state index in [1.807, 2.05) is 44.2 Å². The smallest absolute Gasteiger partial charge is 0.246 e. The molecule has 2 unspecified atom stereocenters. The van der Waals surface area contributed by atoms with Gasteiger partial charge < -0.3 is 16.0 Å². The highest BCUT2D eigenvalue weighted by Crippen LogP contribution is 2.18. The van der Waals surface area contributed by atoms with Crippen molar-refractivity contribution in [3.8, 4) is 0 Å². The third-order valence-electron chi connectivity index (χ3n) is 5.51. The molecular weight excluding hydrogens is 362 g/mol. The van der Waals surface area contributed by atoms with Crippen molar-refractivity contribution >= 4 is 17.5 Å². The van der Waals surface area contributed by atoms with Gasteiger partial charge in [0.2, 0.25) is 11.8 Å². The summed E-state index contributed by atoms with van der Waals surface area (Å²) in [6.45, 7) is 8.83. The fourth-order valence-electron chi connectivity index (χ4n) is 3.66. The summed E-state index contributed by atoms with van der Waals surface area (Å²) in [7, 11) is 0. The highest BCUT2D eigenvalue weighted by atomic mass is 16.2. The Bertz CT molecular complexity index is 891. The van der Waals surface area contributed by atoms with Crippen molar-refractivity contribution < 1.29 is 9.59 Å². The third kappa shape index (κ3) is 5.45. The van der Waals surface area contributed by atoms with E-state index in [2.05, 4.69) is 41.9 Å². The first kappa shape index (κ1) is 21.1. The number of rotatable bonds is 6. The lowest BCUT2D eigenvalue weighted by atomic mass is 9.95. The van der Waals surface area contributed by atoms with E-state index >= 15 is 0 Å². The first-order chi connectivity index (χ1) is 13.8. The Morgan fingerprint density at radius 1 is 1.07 bits per heavy atom. The average Bonchev–Trinajstić information content (AvgIpc) is 2.69. The summed E-state index contributed by atoms with van der Waals surface area (Å²) in [6, 6.07) is 13.1. The summed E-state index contributed by atoms with van der Waals surface area (Å²) in [5, 5.41) is 9.24. The molecule has 5 nitrogen and oxygen atoms in total. The van der Waals surface area contributed by atoms with Crippen LogP contribution < -0.4 is 16.0 Å². The van der Waals surface area contributed by atoms with Crippen LogP contribution in [0.15, 0.2) is 42.5 Å². The normalized spacial score (nSPS) is 16.8. The Hall–Kier alpha value is -2.66. The molecule has 0 radical (unpaired) electrons. The number of anilines is 1. The predicted octanol–water partition coefficient (Wildman–Crippen LogP) is 3.49. The Kier molecular flexibility index (Phi) is 6.70. The van der Waals surface area contributed by atoms with Crippen molar-refractivity contribution in [2.24, 2.45) is 5.92 Å². The number of fused-ring (bicyclic) bond motifs is 1. The first-order valence-corrected chi connectivity index (χ1v) is 10.3. The van der Waals surface area contributed by atoms with E-state index < -0.39 is 6.04 Å². The number of carbonyl (C=O) groups is 2. The summed E-state index contributed by atoms with van der Waals surface area (Å²) in [6.07, 6.45) is 1.22. The van der Waals surface area contributed by atoms with Gasteiger partial charge in [-0.15, -0.1) is 0 Å². The summed E-state index contributed by atoms with van der Waals surface area (Å²) >= 11 is 0. The lowest BCUT2D eigenvalue weighted by Gasteiger charge is -2.28. The van der Waals surface area contributed by atoms with Crippen molar-refractivity contribution in [1.82, 2.24) is 10.6 Å². The minimum atomic E-state index is -0.567. The quantitative estimate of drug-likeness (QED) is 0.704. The lowest BCUT2D eigenvalue weighted by molar-refractivity contribution is -0.128. The van der Waals surface area contributed by atoms with Gasteiger partial charge in [0.05, 0.1) is 6.04 Å². The molecule has 3 rings (SSSR count). The van der Waals surface area contributed by atoms with Crippen molar-refractivity contribution in [2.75, 3.05) is 5.32 Å². The Morgan fingerprint density at radius 2 is 1.79 bits per heavy atom. The van der Waals surface area contributed by atoms with E-state index in [0.717, 1.165) is 11.3 Å². The maximum absolute atomic E-state index is 12.9. The molecule has 1 aliphatic rings. The third-order valence-corrected chi connectivity index (χ3v) is 5.51. The molecule has 0 aromatic heterocycles. The van der Waals surface area contributed by atoms with Crippen LogP contribution in [-0.4, -0.2) is 23.9 Å². The fraction of sp³-hybridized carbons (Fsp3) is 0.417. The number of hydrogen-bond acceptors (Lipinski definition) is 3. The van der Waals surface area contributed by atoms with Gasteiger partial charge in [-0.25, -0.2) is 0 Å². The molecule has 0 bridgehead atoms. The number of benzene rings is 2. The second-order valence-electron chi connectivity index (χ2n) is 8.39. The zero-order valence-corrected chi connectivity index (χ0v) is 17.7. The molecule has 3 N–H and O–H groups in total. The van der Waals surface area contributed by atoms with Crippen molar-refractivity contribution in [1.29, 1.82) is 0 Å². The van der Waals surface area contributed by atoms with Gasteiger partial charge in [0.25, 0.3) is 0 Å². The maximum atomic E-state index is 12.9. The van der Waals surface area contributed by atoms with E-state index in [9.17, 15) is 9.59 Å². The molecule has 29 heavy (non-hydrogen) atoms. The lowest BCUT2D eigenvalue weighted by Crippen LogP contribution is -2.53. The van der Waals surface area contributed by atoms with Gasteiger partial charge in [-0.3, -0.25) is 9.59 Å². The van der Waals surface area contributed by atoms with Crippen LogP contribution >= 0.6 is 0 Å². The highest BCUT2D eigenvalue weighted by Gasteiger charge is 2.28. The molecule has 154 valence electrons. The topological polar surface area (TPSA) is 70.2 Å². The minimum Gasteiger partial charge on any atom is -0.343 e. The van der Waals surface area contributed by atoms with Gasteiger partial charge in [0.1, 0.15) is 6.04 Å². The summed E-state index contributed by atoms with van der Waals surface area (Å²) in [5.41, 5.74) is 5.47. The predicted molar refractivity (Wildman–Crippen MR) is 117 cm³/mol. The molecule has 2 aromatic rings. The molecule has 1 heterocycles. The first-order valence-electron chi connectivity index (χ1n) is 10.3. The van der Waals surface area contributed by atoms with Crippen molar-refractivity contribution in [3.63, 3.8) is 0 Å². The molecule has 2 aromatic carbocycles. The van der Waals surface area contributed by atoms with E-state index in [4.69, 9.17) is 0 Å². The van der Waals surface area contributed by atoms with E-state index in [-0.39, 0.29) is 23.8 Å². The van der Waals surface area contributed by atoms with Gasteiger partial charge in [-0.2, -0.15) is 0 Å². The molecular formula is C24H31N3O2. The van der Waals surface area contributed by atoms with Crippen LogP contribution in [0.4, 0.5) is 5.69 Å². The van der Waals surface area contributed by atoms with E-state index in [1.165, 1.54) is 16.7 Å². The Labute approximate surface area is 173 Å². The van der Waals surface area contributed by atoms with Crippen LogP contribution in [0.5, 0.6) is 0 Å². The number of aryl methyl sites for hydroxylation is 2. The van der Waals surface area contributed by atoms with E-state index in [1.54, 1.807) is 0 Å². The number of amides is 2. The van der Waals surface area contributed by atoms with Gasteiger partial charge in [0, 0.05) is 12.2 Å². The Morgan fingerprint density at radius 3 is 2.48 bits per heavy atom. The fourth-order valence-corrected chi connectivity index (χ4v) is 3.66. The van der Waals surface area contributed by atoms with Gasteiger partial charge >= 0.3 is 0 Å². The largest absolute Gasteiger partial charge is 0.343 e. The molecule has 2 amide bonds. The molecule has 5 heteroatoms. The Balaban J connectivity index is 1.67. The number of hydrogen-bond donors (Lipinski definition) is 3. The second kappa shape index (κ2) is 9.23. The zero-order valence-electron chi connectivity index (χ0n) is 17.7. The molecule has 0 spiro atoms. The SMILES string of the molecule is Cc1ccc(NC(=O)C(CC(C)C)NC(=O)C2Cc3ccccc3CN2)cc1C. The van der Waals surface area contributed by atoms with Crippen LogP contribution in [0.25, 0.3) is 0 Å². The number of carbonyl (C=O) groups excluding carboxylic acids is 2.